The first-order valence-electron chi connectivity index (χ1n) is 2.61. The molecule has 0 bridgehead atoms. The lowest BCUT2D eigenvalue weighted by Crippen LogP contribution is -1.89. The van der Waals surface area contributed by atoms with Gasteiger partial charge in [-0.2, -0.15) is 0 Å². The molecule has 0 aliphatic carbocycles. The zero-order valence-corrected chi connectivity index (χ0v) is 7.61. The highest BCUT2D eigenvalue weighted by Crippen LogP contribution is 2.22. The quantitative estimate of drug-likeness (QED) is 0.549. The van der Waals surface area contributed by atoms with Crippen molar-refractivity contribution in [1.29, 1.82) is 0 Å². The zero-order chi connectivity index (χ0) is 8.27. The average molecular weight is 232 g/mol. The van der Waals surface area contributed by atoms with Gasteiger partial charge in [-0.05, 0) is 27.4 Å². The van der Waals surface area contributed by atoms with E-state index < -0.39 is 5.91 Å². The highest BCUT2D eigenvalue weighted by atomic mass is 79.9. The Morgan fingerprint density at radius 1 is 1.73 bits per heavy atom. The fourth-order valence-electron chi connectivity index (χ4n) is 0.539. The van der Waals surface area contributed by atoms with Crippen LogP contribution in [0.3, 0.4) is 0 Å². The molecule has 0 aliphatic rings. The Balaban J connectivity index is 3.02. The minimum Gasteiger partial charge on any atom is -0.265 e. The van der Waals surface area contributed by atoms with Gasteiger partial charge in [0.15, 0.2) is 0 Å². The van der Waals surface area contributed by atoms with Gasteiger partial charge in [-0.25, -0.2) is 4.79 Å². The van der Waals surface area contributed by atoms with E-state index in [0.29, 0.717) is 9.35 Å². The summed E-state index contributed by atoms with van der Waals surface area (Å²) < 4.78 is 0.659. The van der Waals surface area contributed by atoms with Crippen molar-refractivity contribution < 1.29 is 9.59 Å². The summed E-state index contributed by atoms with van der Waals surface area (Å²) in [6.07, 6.45) is 1.19. The number of isocyanates is 1. The van der Waals surface area contributed by atoms with Crippen LogP contribution in [0.5, 0.6) is 0 Å². The van der Waals surface area contributed by atoms with Crippen LogP contribution in [0.4, 0.5) is 0 Å². The van der Waals surface area contributed by atoms with Gasteiger partial charge in [0.25, 0.3) is 5.91 Å². The summed E-state index contributed by atoms with van der Waals surface area (Å²) in [4.78, 5) is 24.0. The zero-order valence-electron chi connectivity index (χ0n) is 5.20. The predicted octanol–water partition coefficient (Wildman–Crippen LogP) is 1.99. The lowest BCUT2D eigenvalue weighted by atomic mass is 10.4. The molecule has 5 heteroatoms. The topological polar surface area (TPSA) is 46.5 Å². The number of rotatable bonds is 1. The van der Waals surface area contributed by atoms with Gasteiger partial charge in [-0.15, -0.1) is 16.3 Å². The Hall–Kier alpha value is -0.770. The van der Waals surface area contributed by atoms with E-state index in [4.69, 9.17) is 0 Å². The number of carbonyl (C=O) groups excluding carboxylic acids is 2. The standard InChI is InChI=1S/C6H2BrNO2S/c7-4-1-2-11-5(4)6(10)8-3-9/h1-2H. The maximum atomic E-state index is 10.9. The fourth-order valence-corrected chi connectivity index (χ4v) is 1.96. The van der Waals surface area contributed by atoms with E-state index in [0.717, 1.165) is 0 Å². The monoisotopic (exact) mass is 231 g/mol. The molecule has 11 heavy (non-hydrogen) atoms. The lowest BCUT2D eigenvalue weighted by Gasteiger charge is -1.85. The second-order valence-electron chi connectivity index (χ2n) is 1.61. The molecule has 0 aliphatic heterocycles. The Kier molecular flexibility index (Phi) is 2.70. The van der Waals surface area contributed by atoms with Crippen LogP contribution in [0.2, 0.25) is 0 Å². The Bertz CT molecular complexity index is 327. The van der Waals surface area contributed by atoms with Crippen molar-refractivity contribution in [2.45, 2.75) is 0 Å². The second-order valence-corrected chi connectivity index (χ2v) is 3.38. The summed E-state index contributed by atoms with van der Waals surface area (Å²) in [5, 5.41) is 1.73. The molecule has 0 saturated carbocycles. The van der Waals surface area contributed by atoms with Crippen LogP contribution in [-0.2, 0) is 4.79 Å². The molecule has 1 heterocycles. The number of aliphatic imine (C=N–C) groups is 1. The Labute approximate surface area is 74.9 Å². The van der Waals surface area contributed by atoms with Crippen molar-refractivity contribution in [3.63, 3.8) is 0 Å². The third kappa shape index (κ3) is 1.83. The number of halogens is 1. The van der Waals surface area contributed by atoms with Crippen molar-refractivity contribution in [3.05, 3.63) is 20.8 Å². The van der Waals surface area contributed by atoms with Gasteiger partial charge in [0, 0.05) is 4.47 Å². The summed E-state index contributed by atoms with van der Waals surface area (Å²) in [6, 6.07) is 1.72. The van der Waals surface area contributed by atoms with Gasteiger partial charge in [0.2, 0.25) is 6.08 Å². The van der Waals surface area contributed by atoms with Crippen LogP contribution in [-0.4, -0.2) is 12.0 Å². The minimum absolute atomic E-state index is 0.424. The summed E-state index contributed by atoms with van der Waals surface area (Å²) in [5.41, 5.74) is 0. The summed E-state index contributed by atoms with van der Waals surface area (Å²) in [5.74, 6) is -0.554. The van der Waals surface area contributed by atoms with E-state index in [-0.39, 0.29) is 0 Å². The Morgan fingerprint density at radius 2 is 2.45 bits per heavy atom. The molecule has 1 aromatic heterocycles. The highest BCUT2D eigenvalue weighted by Gasteiger charge is 2.09. The molecule has 0 spiro atoms. The predicted molar refractivity (Wildman–Crippen MR) is 44.5 cm³/mol. The normalized spacial score (nSPS) is 8.82. The molecular weight excluding hydrogens is 230 g/mol. The molecule has 0 saturated heterocycles. The fraction of sp³-hybridized carbons (Fsp3) is 0. The molecule has 0 N–H and O–H groups in total. The van der Waals surface area contributed by atoms with E-state index in [1.54, 1.807) is 11.4 Å². The van der Waals surface area contributed by atoms with Crippen LogP contribution < -0.4 is 0 Å². The molecule has 1 amide bonds. The lowest BCUT2D eigenvalue weighted by molar-refractivity contribution is 0.101. The number of nitrogens with zero attached hydrogens (tertiary/aromatic N) is 1. The minimum atomic E-state index is -0.554. The third-order valence-electron chi connectivity index (χ3n) is 0.959. The first-order valence-corrected chi connectivity index (χ1v) is 4.28. The van der Waals surface area contributed by atoms with E-state index in [1.807, 2.05) is 0 Å². The molecular formula is C6H2BrNO2S. The van der Waals surface area contributed by atoms with E-state index in [2.05, 4.69) is 20.9 Å². The average Bonchev–Trinajstić information content (AvgIpc) is 2.36. The van der Waals surface area contributed by atoms with Crippen molar-refractivity contribution >= 4 is 39.3 Å². The van der Waals surface area contributed by atoms with Crippen LogP contribution in [0.25, 0.3) is 0 Å². The first-order chi connectivity index (χ1) is 5.25. The molecule has 0 atom stereocenters. The maximum absolute atomic E-state index is 10.9. The van der Waals surface area contributed by atoms with Crippen molar-refractivity contribution in [2.24, 2.45) is 4.99 Å². The van der Waals surface area contributed by atoms with E-state index in [1.165, 1.54) is 17.4 Å². The third-order valence-corrected chi connectivity index (χ3v) is 2.78. The number of amides is 1. The van der Waals surface area contributed by atoms with Gasteiger partial charge in [-0.3, -0.25) is 4.79 Å². The van der Waals surface area contributed by atoms with Gasteiger partial charge in [0.1, 0.15) is 4.88 Å². The van der Waals surface area contributed by atoms with E-state index >= 15 is 0 Å². The van der Waals surface area contributed by atoms with E-state index in [9.17, 15) is 9.59 Å². The van der Waals surface area contributed by atoms with Gasteiger partial charge >= 0.3 is 0 Å². The molecule has 1 aromatic rings. The molecule has 1 rings (SSSR count). The number of carbonyl (C=O) groups is 1. The number of hydrogen-bond donors (Lipinski definition) is 0. The smallest absolute Gasteiger partial charge is 0.265 e. The molecule has 0 aromatic carbocycles. The van der Waals surface area contributed by atoms with Crippen molar-refractivity contribution in [2.75, 3.05) is 0 Å². The largest absolute Gasteiger partial charge is 0.298 e. The number of thiophene rings is 1. The SMILES string of the molecule is O=C=NC(=O)c1sccc1Br. The summed E-state index contributed by atoms with van der Waals surface area (Å²) >= 11 is 4.37. The van der Waals surface area contributed by atoms with Crippen molar-refractivity contribution in [1.82, 2.24) is 0 Å². The maximum Gasteiger partial charge on any atom is 0.298 e. The molecule has 0 unspecified atom stereocenters. The van der Waals surface area contributed by atoms with Crippen LogP contribution in [0, 0.1) is 0 Å². The molecule has 3 nitrogen and oxygen atoms in total. The molecule has 56 valence electrons. The van der Waals surface area contributed by atoms with Gasteiger partial charge in [0.05, 0.1) is 0 Å². The molecule has 0 fully saturated rings. The van der Waals surface area contributed by atoms with Crippen LogP contribution >= 0.6 is 27.3 Å². The summed E-state index contributed by atoms with van der Waals surface area (Å²) in [7, 11) is 0. The Morgan fingerprint density at radius 3 is 2.91 bits per heavy atom. The van der Waals surface area contributed by atoms with Gasteiger partial charge < -0.3 is 0 Å². The first kappa shape index (κ1) is 8.33. The van der Waals surface area contributed by atoms with Crippen molar-refractivity contribution in [3.8, 4) is 0 Å². The van der Waals surface area contributed by atoms with Gasteiger partial charge in [-0.1, -0.05) is 0 Å². The van der Waals surface area contributed by atoms with Crippen LogP contribution in [0.15, 0.2) is 20.9 Å². The van der Waals surface area contributed by atoms with Crippen LogP contribution in [0.1, 0.15) is 9.67 Å². The highest BCUT2D eigenvalue weighted by molar-refractivity contribution is 9.10. The summed E-state index contributed by atoms with van der Waals surface area (Å²) in [6.45, 7) is 0. The number of hydrogen-bond acceptors (Lipinski definition) is 3. The second kappa shape index (κ2) is 3.57. The molecule has 0 radical (unpaired) electrons.